The Hall–Kier alpha value is -0.950. The molecule has 0 aliphatic rings. The molecule has 0 spiro atoms. The van der Waals surface area contributed by atoms with Crippen LogP contribution in [-0.4, -0.2) is 32.4 Å². The van der Waals surface area contributed by atoms with Crippen molar-refractivity contribution in [2.45, 2.75) is 25.3 Å². The van der Waals surface area contributed by atoms with Crippen LogP contribution in [0.1, 0.15) is 17.4 Å². The summed E-state index contributed by atoms with van der Waals surface area (Å²) in [6.45, 7) is 13.0. The van der Waals surface area contributed by atoms with Gasteiger partial charge in [0.1, 0.15) is 4.90 Å². The molecule has 20 heavy (non-hydrogen) atoms. The molecule has 1 aromatic heterocycles. The van der Waals surface area contributed by atoms with E-state index in [1.807, 2.05) is 19.2 Å². The van der Waals surface area contributed by atoms with Crippen LogP contribution in [0.3, 0.4) is 0 Å². The third-order valence-electron chi connectivity index (χ3n) is 2.79. The Balaban J connectivity index is 3.21. The SMILES string of the molecule is C=CCN(CC=C)S(=O)(=O)c1c(C)csc1CNCC. The highest BCUT2D eigenvalue weighted by molar-refractivity contribution is 7.89. The Kier molecular flexibility index (Phi) is 6.61. The molecule has 0 aliphatic carbocycles. The summed E-state index contributed by atoms with van der Waals surface area (Å²) in [5.41, 5.74) is 0.793. The molecule has 0 saturated heterocycles. The minimum absolute atomic E-state index is 0.282. The first-order chi connectivity index (χ1) is 9.48. The van der Waals surface area contributed by atoms with Crippen LogP contribution in [0.4, 0.5) is 0 Å². The van der Waals surface area contributed by atoms with Crippen LogP contribution in [0.2, 0.25) is 0 Å². The van der Waals surface area contributed by atoms with Crippen molar-refractivity contribution < 1.29 is 8.42 Å². The lowest BCUT2D eigenvalue weighted by Crippen LogP contribution is -2.32. The molecule has 112 valence electrons. The summed E-state index contributed by atoms with van der Waals surface area (Å²) in [6, 6.07) is 0. The molecule has 1 rings (SSSR count). The second kappa shape index (κ2) is 7.73. The molecule has 0 atom stereocenters. The van der Waals surface area contributed by atoms with Gasteiger partial charge in [0.25, 0.3) is 0 Å². The largest absolute Gasteiger partial charge is 0.312 e. The maximum Gasteiger partial charge on any atom is 0.245 e. The Morgan fingerprint density at radius 3 is 2.45 bits per heavy atom. The molecule has 0 bridgehead atoms. The van der Waals surface area contributed by atoms with E-state index in [0.29, 0.717) is 11.4 Å². The maximum atomic E-state index is 12.8. The van der Waals surface area contributed by atoms with Gasteiger partial charge in [0, 0.05) is 24.5 Å². The number of thiophene rings is 1. The van der Waals surface area contributed by atoms with E-state index in [2.05, 4.69) is 18.5 Å². The molecule has 6 heteroatoms. The topological polar surface area (TPSA) is 49.4 Å². The lowest BCUT2D eigenvalue weighted by molar-refractivity contribution is 0.473. The van der Waals surface area contributed by atoms with Gasteiger partial charge < -0.3 is 5.32 Å². The normalized spacial score (nSPS) is 11.8. The molecule has 0 aromatic carbocycles. The van der Waals surface area contributed by atoms with Crippen LogP contribution in [0.25, 0.3) is 0 Å². The lowest BCUT2D eigenvalue weighted by atomic mass is 10.3. The summed E-state index contributed by atoms with van der Waals surface area (Å²) in [4.78, 5) is 1.27. The van der Waals surface area contributed by atoms with Crippen LogP contribution in [0.5, 0.6) is 0 Å². The smallest absolute Gasteiger partial charge is 0.245 e. The number of hydrogen-bond donors (Lipinski definition) is 1. The van der Waals surface area contributed by atoms with Gasteiger partial charge in [-0.25, -0.2) is 8.42 Å². The first-order valence-corrected chi connectivity index (χ1v) is 8.80. The van der Waals surface area contributed by atoms with Crippen molar-refractivity contribution in [3.63, 3.8) is 0 Å². The van der Waals surface area contributed by atoms with Gasteiger partial charge in [-0.05, 0) is 24.4 Å². The Labute approximate surface area is 125 Å². The minimum Gasteiger partial charge on any atom is -0.312 e. The van der Waals surface area contributed by atoms with E-state index in [4.69, 9.17) is 0 Å². The number of aryl methyl sites for hydroxylation is 1. The van der Waals surface area contributed by atoms with Crippen molar-refractivity contribution in [2.75, 3.05) is 19.6 Å². The second-order valence-electron chi connectivity index (χ2n) is 4.35. The van der Waals surface area contributed by atoms with Crippen LogP contribution in [-0.2, 0) is 16.6 Å². The minimum atomic E-state index is -3.51. The first kappa shape index (κ1) is 17.1. The summed E-state index contributed by atoms with van der Waals surface area (Å²) in [6.07, 6.45) is 3.18. The van der Waals surface area contributed by atoms with E-state index in [0.717, 1.165) is 17.0 Å². The first-order valence-electron chi connectivity index (χ1n) is 6.48. The highest BCUT2D eigenvalue weighted by Crippen LogP contribution is 2.29. The molecule has 0 amide bonds. The number of nitrogens with one attached hydrogen (secondary N) is 1. The van der Waals surface area contributed by atoms with E-state index in [-0.39, 0.29) is 13.1 Å². The summed E-state index contributed by atoms with van der Waals surface area (Å²) in [5.74, 6) is 0. The Morgan fingerprint density at radius 2 is 1.95 bits per heavy atom. The van der Waals surface area contributed by atoms with Crippen molar-refractivity contribution in [3.05, 3.63) is 41.1 Å². The van der Waals surface area contributed by atoms with E-state index in [1.165, 1.54) is 15.6 Å². The van der Waals surface area contributed by atoms with Gasteiger partial charge in [0.2, 0.25) is 10.0 Å². The molecule has 4 nitrogen and oxygen atoms in total. The summed E-state index contributed by atoms with van der Waals surface area (Å²) in [5, 5.41) is 5.07. The third-order valence-corrected chi connectivity index (χ3v) is 6.08. The molecule has 0 unspecified atom stereocenters. The maximum absolute atomic E-state index is 12.8. The lowest BCUT2D eigenvalue weighted by Gasteiger charge is -2.20. The summed E-state index contributed by atoms with van der Waals surface area (Å²) >= 11 is 1.48. The van der Waals surface area contributed by atoms with Gasteiger partial charge in [-0.15, -0.1) is 24.5 Å². The molecular formula is C14H22N2O2S2. The average Bonchev–Trinajstić information content (AvgIpc) is 2.78. The molecular weight excluding hydrogens is 292 g/mol. The second-order valence-corrected chi connectivity index (χ2v) is 7.19. The zero-order valence-corrected chi connectivity index (χ0v) is 13.7. The van der Waals surface area contributed by atoms with Crippen LogP contribution in [0, 0.1) is 6.92 Å². The fourth-order valence-electron chi connectivity index (χ4n) is 1.88. The quantitative estimate of drug-likeness (QED) is 0.713. The summed E-state index contributed by atoms with van der Waals surface area (Å²) in [7, 11) is -3.51. The number of rotatable bonds is 9. The predicted octanol–water partition coefficient (Wildman–Crippen LogP) is 2.53. The molecule has 0 aliphatic heterocycles. The van der Waals surface area contributed by atoms with Gasteiger partial charge in [-0.3, -0.25) is 0 Å². The van der Waals surface area contributed by atoms with Crippen molar-refractivity contribution in [1.29, 1.82) is 0 Å². The van der Waals surface area contributed by atoms with Crippen LogP contribution in [0.15, 0.2) is 35.6 Å². The molecule has 0 fully saturated rings. The number of nitrogens with zero attached hydrogens (tertiary/aromatic N) is 1. The Morgan fingerprint density at radius 1 is 1.35 bits per heavy atom. The van der Waals surface area contributed by atoms with Gasteiger partial charge in [-0.1, -0.05) is 19.1 Å². The van der Waals surface area contributed by atoms with Crippen LogP contribution >= 0.6 is 11.3 Å². The highest BCUT2D eigenvalue weighted by Gasteiger charge is 2.28. The van der Waals surface area contributed by atoms with E-state index >= 15 is 0 Å². The summed E-state index contributed by atoms with van der Waals surface area (Å²) < 4.78 is 27.0. The zero-order valence-electron chi connectivity index (χ0n) is 12.1. The fraction of sp³-hybridized carbons (Fsp3) is 0.429. The van der Waals surface area contributed by atoms with Crippen molar-refractivity contribution in [1.82, 2.24) is 9.62 Å². The van der Waals surface area contributed by atoms with Gasteiger partial charge in [0.05, 0.1) is 0 Å². The monoisotopic (exact) mass is 314 g/mol. The van der Waals surface area contributed by atoms with Gasteiger partial charge in [-0.2, -0.15) is 4.31 Å². The van der Waals surface area contributed by atoms with Gasteiger partial charge in [0.15, 0.2) is 0 Å². The molecule has 1 aromatic rings. The van der Waals surface area contributed by atoms with E-state index in [1.54, 1.807) is 12.2 Å². The highest BCUT2D eigenvalue weighted by atomic mass is 32.2. The fourth-order valence-corrected chi connectivity index (χ4v) is 4.99. The van der Waals surface area contributed by atoms with Crippen molar-refractivity contribution in [3.8, 4) is 0 Å². The standard InChI is InChI=1S/C14H22N2O2S2/c1-5-8-16(9-6-2)20(17,18)14-12(4)11-19-13(14)10-15-7-3/h5-6,11,15H,1-2,7-10H2,3-4H3. The third kappa shape index (κ3) is 3.79. The zero-order chi connectivity index (χ0) is 15.2. The predicted molar refractivity (Wildman–Crippen MR) is 85.6 cm³/mol. The number of sulfonamides is 1. The molecule has 1 N–H and O–H groups in total. The number of hydrogen-bond acceptors (Lipinski definition) is 4. The van der Waals surface area contributed by atoms with E-state index in [9.17, 15) is 8.42 Å². The molecule has 0 radical (unpaired) electrons. The Bertz CT molecular complexity index is 552. The average molecular weight is 314 g/mol. The van der Waals surface area contributed by atoms with E-state index < -0.39 is 10.0 Å². The van der Waals surface area contributed by atoms with Crippen molar-refractivity contribution in [2.24, 2.45) is 0 Å². The molecule has 1 heterocycles. The van der Waals surface area contributed by atoms with Crippen LogP contribution < -0.4 is 5.32 Å². The van der Waals surface area contributed by atoms with Crippen molar-refractivity contribution >= 4 is 21.4 Å². The molecule has 0 saturated carbocycles. The van der Waals surface area contributed by atoms with Gasteiger partial charge >= 0.3 is 0 Å².